The monoisotopic (exact) mass is 385 g/mol. The summed E-state index contributed by atoms with van der Waals surface area (Å²) in [5.41, 5.74) is 3.09. The lowest BCUT2D eigenvalue weighted by atomic mass is 10.2. The highest BCUT2D eigenvalue weighted by Crippen LogP contribution is 2.08. The summed E-state index contributed by atoms with van der Waals surface area (Å²) in [7, 11) is 0. The summed E-state index contributed by atoms with van der Waals surface area (Å²) in [6.45, 7) is 1.33. The Kier molecular flexibility index (Phi) is 5.81. The van der Waals surface area contributed by atoms with Crippen molar-refractivity contribution in [1.82, 2.24) is 24.6 Å². The van der Waals surface area contributed by atoms with Gasteiger partial charge in [-0.2, -0.15) is 5.10 Å². The van der Waals surface area contributed by atoms with E-state index in [4.69, 9.17) is 0 Å². The van der Waals surface area contributed by atoms with Crippen LogP contribution in [-0.2, 0) is 24.2 Å². The summed E-state index contributed by atoms with van der Waals surface area (Å²) in [4.78, 5) is 16.7. The Labute approximate surface area is 169 Å². The van der Waals surface area contributed by atoms with Crippen LogP contribution in [0, 0.1) is 0 Å². The van der Waals surface area contributed by atoms with Gasteiger partial charge < -0.3 is 9.88 Å². The van der Waals surface area contributed by atoms with Gasteiger partial charge in [-0.3, -0.25) is 4.79 Å². The Bertz CT molecular complexity index is 1050. The molecule has 0 saturated carbocycles. The molecule has 0 atom stereocenters. The first-order valence-electron chi connectivity index (χ1n) is 9.67. The van der Waals surface area contributed by atoms with Gasteiger partial charge in [-0.1, -0.05) is 48.5 Å². The molecule has 6 heteroatoms. The van der Waals surface area contributed by atoms with Crippen LogP contribution in [0.25, 0.3) is 5.69 Å². The second kappa shape index (κ2) is 9.01. The Hall–Kier alpha value is -3.67. The Morgan fingerprint density at radius 1 is 0.966 bits per heavy atom. The summed E-state index contributed by atoms with van der Waals surface area (Å²) in [6, 6.07) is 20.1. The van der Waals surface area contributed by atoms with Gasteiger partial charge in [0.05, 0.1) is 18.3 Å². The van der Waals surface area contributed by atoms with Crippen molar-refractivity contribution in [3.63, 3.8) is 0 Å². The maximum Gasteiger partial charge on any atom is 0.224 e. The molecule has 1 amide bonds. The molecular formula is C23H23N5O. The number of carbonyl (C=O) groups is 1. The Morgan fingerprint density at radius 3 is 2.52 bits per heavy atom. The minimum absolute atomic E-state index is 0.0150. The third-order valence-electron chi connectivity index (χ3n) is 4.69. The number of imidazole rings is 1. The van der Waals surface area contributed by atoms with Crippen molar-refractivity contribution >= 4 is 5.91 Å². The molecule has 146 valence electrons. The van der Waals surface area contributed by atoms with Gasteiger partial charge in [-0.05, 0) is 23.3 Å². The zero-order chi connectivity index (χ0) is 19.9. The fourth-order valence-electron chi connectivity index (χ4n) is 3.23. The van der Waals surface area contributed by atoms with Gasteiger partial charge in [0.1, 0.15) is 5.82 Å². The van der Waals surface area contributed by atoms with Gasteiger partial charge in [0.15, 0.2) is 0 Å². The molecule has 6 nitrogen and oxygen atoms in total. The minimum Gasteiger partial charge on any atom is -0.355 e. The highest BCUT2D eigenvalue weighted by Gasteiger charge is 2.08. The average Bonchev–Trinajstić information content (AvgIpc) is 3.39. The molecule has 4 rings (SSSR count). The van der Waals surface area contributed by atoms with Crippen molar-refractivity contribution in [1.29, 1.82) is 0 Å². The van der Waals surface area contributed by atoms with Crippen LogP contribution in [0.15, 0.2) is 85.5 Å². The number of nitrogens with one attached hydrogen (secondary N) is 1. The molecule has 2 aromatic carbocycles. The lowest BCUT2D eigenvalue weighted by Crippen LogP contribution is -2.27. The summed E-state index contributed by atoms with van der Waals surface area (Å²) in [6.07, 6.45) is 8.40. The molecular weight excluding hydrogens is 362 g/mol. The number of amides is 1. The molecule has 29 heavy (non-hydrogen) atoms. The standard InChI is InChI=1S/C23H23N5O/c29-23(15-20-16-26-28(18-20)21-9-5-2-6-10-21)25-12-11-22-24-13-14-27(22)17-19-7-3-1-4-8-19/h1-10,13-14,16,18H,11-12,15,17H2,(H,25,29). The zero-order valence-electron chi connectivity index (χ0n) is 16.1. The van der Waals surface area contributed by atoms with Gasteiger partial charge in [-0.15, -0.1) is 0 Å². The SMILES string of the molecule is O=C(Cc1cnn(-c2ccccc2)c1)NCCc1nccn1Cc1ccccc1. The number of benzene rings is 2. The first-order chi connectivity index (χ1) is 14.3. The summed E-state index contributed by atoms with van der Waals surface area (Å²) in [5, 5.41) is 7.32. The number of aromatic nitrogens is 4. The van der Waals surface area contributed by atoms with Crippen LogP contribution in [0.2, 0.25) is 0 Å². The fourth-order valence-corrected chi connectivity index (χ4v) is 3.23. The highest BCUT2D eigenvalue weighted by atomic mass is 16.1. The molecule has 0 aliphatic carbocycles. The predicted molar refractivity (Wildman–Crippen MR) is 112 cm³/mol. The molecule has 2 aromatic heterocycles. The van der Waals surface area contributed by atoms with Crippen molar-refractivity contribution in [2.45, 2.75) is 19.4 Å². The van der Waals surface area contributed by atoms with Crippen LogP contribution < -0.4 is 5.32 Å². The molecule has 0 bridgehead atoms. The molecule has 0 aliphatic heterocycles. The topological polar surface area (TPSA) is 64.7 Å². The van der Waals surface area contributed by atoms with Crippen LogP contribution >= 0.6 is 0 Å². The van der Waals surface area contributed by atoms with Gasteiger partial charge >= 0.3 is 0 Å². The van der Waals surface area contributed by atoms with E-state index in [1.54, 1.807) is 17.1 Å². The Balaban J connectivity index is 1.27. The molecule has 0 fully saturated rings. The van der Waals surface area contributed by atoms with Gasteiger partial charge in [0, 0.05) is 38.1 Å². The predicted octanol–water partition coefficient (Wildman–Crippen LogP) is 3.02. The van der Waals surface area contributed by atoms with Crippen LogP contribution in [-0.4, -0.2) is 31.8 Å². The quantitative estimate of drug-likeness (QED) is 0.507. The maximum absolute atomic E-state index is 12.3. The fraction of sp³-hybridized carbons (Fsp3) is 0.174. The molecule has 2 heterocycles. The number of para-hydroxylation sites is 1. The number of hydrogen-bond acceptors (Lipinski definition) is 3. The summed E-state index contributed by atoms with van der Waals surface area (Å²) < 4.78 is 3.90. The highest BCUT2D eigenvalue weighted by molar-refractivity contribution is 5.78. The second-order valence-electron chi connectivity index (χ2n) is 6.86. The Morgan fingerprint density at radius 2 is 1.72 bits per heavy atom. The first-order valence-corrected chi connectivity index (χ1v) is 9.67. The molecule has 4 aromatic rings. The van der Waals surface area contributed by atoms with Crippen LogP contribution in [0.3, 0.4) is 0 Å². The van der Waals surface area contributed by atoms with Crippen molar-refractivity contribution in [3.8, 4) is 5.69 Å². The summed E-state index contributed by atoms with van der Waals surface area (Å²) >= 11 is 0. The maximum atomic E-state index is 12.3. The number of nitrogens with zero attached hydrogens (tertiary/aromatic N) is 4. The number of carbonyl (C=O) groups excluding carboxylic acids is 1. The molecule has 1 N–H and O–H groups in total. The van der Waals surface area contributed by atoms with Crippen molar-refractivity contribution < 1.29 is 4.79 Å². The van der Waals surface area contributed by atoms with E-state index >= 15 is 0 Å². The minimum atomic E-state index is -0.0150. The first kappa shape index (κ1) is 18.7. The van der Waals surface area contributed by atoms with E-state index in [1.165, 1.54) is 5.56 Å². The average molecular weight is 385 g/mol. The van der Waals surface area contributed by atoms with Crippen LogP contribution in [0.5, 0.6) is 0 Å². The zero-order valence-corrected chi connectivity index (χ0v) is 16.1. The smallest absolute Gasteiger partial charge is 0.224 e. The van der Waals surface area contributed by atoms with E-state index in [-0.39, 0.29) is 5.91 Å². The lowest BCUT2D eigenvalue weighted by molar-refractivity contribution is -0.120. The largest absolute Gasteiger partial charge is 0.355 e. The molecule has 0 aliphatic rings. The van der Waals surface area contributed by atoms with Gasteiger partial charge in [-0.25, -0.2) is 9.67 Å². The number of rotatable bonds is 8. The normalized spacial score (nSPS) is 10.8. The molecule has 0 spiro atoms. The van der Waals surface area contributed by atoms with Gasteiger partial charge in [0.2, 0.25) is 5.91 Å². The van der Waals surface area contributed by atoms with E-state index < -0.39 is 0 Å². The van der Waals surface area contributed by atoms with Crippen LogP contribution in [0.1, 0.15) is 17.0 Å². The van der Waals surface area contributed by atoms with Crippen molar-refractivity contribution in [3.05, 3.63) is 102 Å². The number of hydrogen-bond donors (Lipinski definition) is 1. The molecule has 0 saturated heterocycles. The van der Waals surface area contributed by atoms with E-state index in [2.05, 4.69) is 32.1 Å². The van der Waals surface area contributed by atoms with Crippen LogP contribution in [0.4, 0.5) is 0 Å². The third kappa shape index (κ3) is 4.99. The van der Waals surface area contributed by atoms with Crippen molar-refractivity contribution in [2.75, 3.05) is 6.54 Å². The van der Waals surface area contributed by atoms with E-state index in [9.17, 15) is 4.79 Å². The summed E-state index contributed by atoms with van der Waals surface area (Å²) in [5.74, 6) is 0.949. The molecule has 0 unspecified atom stereocenters. The lowest BCUT2D eigenvalue weighted by Gasteiger charge is -2.09. The second-order valence-corrected chi connectivity index (χ2v) is 6.86. The van der Waals surface area contributed by atoms with E-state index in [0.717, 1.165) is 23.6 Å². The van der Waals surface area contributed by atoms with E-state index in [0.29, 0.717) is 19.4 Å². The third-order valence-corrected chi connectivity index (χ3v) is 4.69. The van der Waals surface area contributed by atoms with E-state index in [1.807, 2.05) is 60.9 Å². The molecule has 0 radical (unpaired) electrons. The van der Waals surface area contributed by atoms with Gasteiger partial charge in [0.25, 0.3) is 0 Å². The van der Waals surface area contributed by atoms with Crippen molar-refractivity contribution in [2.24, 2.45) is 0 Å².